The number of carbonyl (C=O) groups excluding carboxylic acids is 2. The molecule has 13 heteroatoms. The lowest BCUT2D eigenvalue weighted by Crippen LogP contribution is -2.45. The van der Waals surface area contributed by atoms with Crippen LogP contribution in [0.5, 0.6) is 11.5 Å². The SMILES string of the molecule is CCOC(=O)C1=C(C)NC(=S)N[C@@H]1c1ccccc1OCC(=O)NN=Cc1cc(Cl)c(OCc2ccccc2Cl)c(Cl)c1. The second kappa shape index (κ2) is 15.1. The number of para-hydroxylation sites is 1. The number of benzene rings is 3. The summed E-state index contributed by atoms with van der Waals surface area (Å²) in [4.78, 5) is 25.3. The molecule has 4 rings (SSSR count). The molecule has 1 aliphatic heterocycles. The minimum Gasteiger partial charge on any atom is -0.486 e. The average molecular weight is 662 g/mol. The van der Waals surface area contributed by atoms with E-state index in [0.717, 1.165) is 5.56 Å². The third-order valence-corrected chi connectivity index (χ3v) is 7.26. The number of carbonyl (C=O) groups is 2. The molecule has 0 bridgehead atoms. The quantitative estimate of drug-likeness (QED) is 0.0978. The number of ether oxygens (including phenoxy) is 3. The van der Waals surface area contributed by atoms with Crippen LogP contribution in [0.15, 0.2) is 77.0 Å². The zero-order valence-corrected chi connectivity index (χ0v) is 26.2. The maximum atomic E-state index is 12.7. The van der Waals surface area contributed by atoms with E-state index in [-0.39, 0.29) is 29.9 Å². The van der Waals surface area contributed by atoms with Gasteiger partial charge >= 0.3 is 5.97 Å². The van der Waals surface area contributed by atoms with Crippen LogP contribution < -0.4 is 25.5 Å². The Kier molecular flexibility index (Phi) is 11.2. The largest absolute Gasteiger partial charge is 0.486 e. The number of amides is 1. The van der Waals surface area contributed by atoms with Gasteiger partial charge in [0.1, 0.15) is 12.4 Å². The van der Waals surface area contributed by atoms with Crippen molar-refractivity contribution in [3.05, 3.63) is 104 Å². The van der Waals surface area contributed by atoms with E-state index < -0.39 is 17.9 Å². The van der Waals surface area contributed by atoms with E-state index in [1.165, 1.54) is 6.21 Å². The van der Waals surface area contributed by atoms with Crippen LogP contribution in [0.25, 0.3) is 0 Å². The predicted octanol–water partition coefficient (Wildman–Crippen LogP) is 6.11. The summed E-state index contributed by atoms with van der Waals surface area (Å²) in [6.45, 7) is 3.52. The topological polar surface area (TPSA) is 110 Å². The minimum atomic E-state index is -0.642. The monoisotopic (exact) mass is 660 g/mol. The summed E-state index contributed by atoms with van der Waals surface area (Å²) in [6, 6.07) is 16.9. The van der Waals surface area contributed by atoms with Crippen LogP contribution in [-0.2, 0) is 20.9 Å². The molecular formula is C30H27Cl3N4O5S. The third kappa shape index (κ3) is 8.39. The molecule has 3 aromatic rings. The van der Waals surface area contributed by atoms with Gasteiger partial charge in [0.25, 0.3) is 5.91 Å². The van der Waals surface area contributed by atoms with Gasteiger partial charge in [-0.25, -0.2) is 10.2 Å². The Morgan fingerprint density at radius 1 is 1.02 bits per heavy atom. The van der Waals surface area contributed by atoms with Gasteiger partial charge < -0.3 is 24.8 Å². The Bertz CT molecular complexity index is 1570. The Morgan fingerprint density at radius 2 is 1.72 bits per heavy atom. The van der Waals surface area contributed by atoms with E-state index in [1.807, 2.05) is 18.2 Å². The van der Waals surface area contributed by atoms with Gasteiger partial charge in [0.15, 0.2) is 17.5 Å². The number of nitrogens with one attached hydrogen (secondary N) is 3. The van der Waals surface area contributed by atoms with Crippen LogP contribution in [0.2, 0.25) is 15.1 Å². The first kappa shape index (κ1) is 32.1. The van der Waals surface area contributed by atoms with Gasteiger partial charge in [-0.2, -0.15) is 5.10 Å². The van der Waals surface area contributed by atoms with Gasteiger partial charge in [0.2, 0.25) is 0 Å². The van der Waals surface area contributed by atoms with Crippen molar-refractivity contribution in [2.45, 2.75) is 26.5 Å². The molecule has 0 unspecified atom stereocenters. The highest BCUT2D eigenvalue weighted by atomic mass is 35.5. The Labute approximate surface area is 269 Å². The number of hydrogen-bond acceptors (Lipinski definition) is 7. The van der Waals surface area contributed by atoms with E-state index in [1.54, 1.807) is 56.3 Å². The molecule has 1 aliphatic rings. The van der Waals surface area contributed by atoms with Crippen molar-refractivity contribution in [1.82, 2.24) is 16.1 Å². The van der Waals surface area contributed by atoms with E-state index in [2.05, 4.69) is 21.2 Å². The lowest BCUT2D eigenvalue weighted by molar-refractivity contribution is -0.139. The highest BCUT2D eigenvalue weighted by Gasteiger charge is 2.32. The number of esters is 1. The van der Waals surface area contributed by atoms with Gasteiger partial charge in [0, 0.05) is 21.8 Å². The van der Waals surface area contributed by atoms with Crippen LogP contribution in [0.3, 0.4) is 0 Å². The second-order valence-electron chi connectivity index (χ2n) is 9.10. The van der Waals surface area contributed by atoms with Crippen molar-refractivity contribution >= 4 is 70.2 Å². The molecule has 0 aliphatic carbocycles. The number of halogens is 3. The van der Waals surface area contributed by atoms with Crippen molar-refractivity contribution in [3.63, 3.8) is 0 Å². The lowest BCUT2D eigenvalue weighted by atomic mass is 9.95. The highest BCUT2D eigenvalue weighted by molar-refractivity contribution is 7.80. The normalized spacial score (nSPS) is 14.6. The third-order valence-electron chi connectivity index (χ3n) is 6.11. The molecule has 1 amide bonds. The molecule has 0 saturated carbocycles. The number of hydrazone groups is 1. The van der Waals surface area contributed by atoms with Crippen molar-refractivity contribution in [2.24, 2.45) is 5.10 Å². The summed E-state index contributed by atoms with van der Waals surface area (Å²) < 4.78 is 16.8. The smallest absolute Gasteiger partial charge is 0.338 e. The molecule has 0 spiro atoms. The molecule has 1 heterocycles. The molecular weight excluding hydrogens is 635 g/mol. The Hall–Kier alpha value is -3.83. The van der Waals surface area contributed by atoms with Gasteiger partial charge in [-0.05, 0) is 55.9 Å². The first-order chi connectivity index (χ1) is 20.7. The van der Waals surface area contributed by atoms with Gasteiger partial charge in [-0.1, -0.05) is 71.2 Å². The van der Waals surface area contributed by atoms with Gasteiger partial charge in [-0.3, -0.25) is 4.79 Å². The van der Waals surface area contributed by atoms with Gasteiger partial charge in [0.05, 0.1) is 34.5 Å². The lowest BCUT2D eigenvalue weighted by Gasteiger charge is -2.30. The molecule has 224 valence electrons. The number of rotatable bonds is 11. The summed E-state index contributed by atoms with van der Waals surface area (Å²) in [5, 5.41) is 11.5. The molecule has 43 heavy (non-hydrogen) atoms. The Morgan fingerprint density at radius 3 is 2.44 bits per heavy atom. The van der Waals surface area contributed by atoms with Crippen LogP contribution in [0.1, 0.15) is 36.6 Å². The molecule has 0 saturated heterocycles. The fourth-order valence-electron chi connectivity index (χ4n) is 4.17. The van der Waals surface area contributed by atoms with Crippen LogP contribution in [0.4, 0.5) is 0 Å². The molecule has 1 atom stereocenters. The fourth-order valence-corrected chi connectivity index (χ4v) is 5.24. The standard InChI is InChI=1S/C30H27Cl3N4O5S/c1-3-40-29(39)26-17(2)35-30(43)36-27(26)20-9-5-7-11-24(20)41-16-25(38)37-34-14-18-12-22(32)28(23(33)13-18)42-15-19-8-4-6-10-21(19)31/h4-14,27H,3,15-16H2,1-2H3,(H,37,38)(H2,35,36,43)/t27-/m1/s1. The average Bonchev–Trinajstić information content (AvgIpc) is 2.96. The summed E-state index contributed by atoms with van der Waals surface area (Å²) in [5.41, 5.74) is 5.26. The predicted molar refractivity (Wildman–Crippen MR) is 171 cm³/mol. The molecule has 0 aromatic heterocycles. The highest BCUT2D eigenvalue weighted by Crippen LogP contribution is 2.35. The number of nitrogens with zero attached hydrogens (tertiary/aromatic N) is 1. The number of allylic oxidation sites excluding steroid dienone is 1. The summed E-state index contributed by atoms with van der Waals surface area (Å²) >= 11 is 24.3. The first-order valence-electron chi connectivity index (χ1n) is 13.0. The summed E-state index contributed by atoms with van der Waals surface area (Å²) in [5.74, 6) is -0.329. The van der Waals surface area contributed by atoms with Crippen LogP contribution >= 0.6 is 47.0 Å². The molecule has 0 radical (unpaired) electrons. The first-order valence-corrected chi connectivity index (χ1v) is 14.6. The molecule has 3 aromatic carbocycles. The molecule has 0 fully saturated rings. The van der Waals surface area contributed by atoms with Crippen LogP contribution in [0, 0.1) is 0 Å². The zero-order chi connectivity index (χ0) is 30.9. The maximum absolute atomic E-state index is 12.7. The number of thiocarbonyl (C=S) groups is 1. The fraction of sp³-hybridized carbons (Fsp3) is 0.200. The zero-order valence-electron chi connectivity index (χ0n) is 23.1. The Balaban J connectivity index is 1.38. The molecule has 3 N–H and O–H groups in total. The van der Waals surface area contributed by atoms with Crippen molar-refractivity contribution in [3.8, 4) is 11.5 Å². The van der Waals surface area contributed by atoms with E-state index in [4.69, 9.17) is 61.2 Å². The van der Waals surface area contributed by atoms with Gasteiger partial charge in [-0.15, -0.1) is 0 Å². The van der Waals surface area contributed by atoms with Crippen molar-refractivity contribution in [2.75, 3.05) is 13.2 Å². The van der Waals surface area contributed by atoms with Crippen molar-refractivity contribution in [1.29, 1.82) is 0 Å². The van der Waals surface area contributed by atoms with E-state index >= 15 is 0 Å². The summed E-state index contributed by atoms with van der Waals surface area (Å²) in [7, 11) is 0. The van der Waals surface area contributed by atoms with Crippen molar-refractivity contribution < 1.29 is 23.8 Å². The van der Waals surface area contributed by atoms with Crippen LogP contribution in [-0.4, -0.2) is 36.4 Å². The molecule has 9 nitrogen and oxygen atoms in total. The second-order valence-corrected chi connectivity index (χ2v) is 10.7. The number of hydrogen-bond donors (Lipinski definition) is 3. The van der Waals surface area contributed by atoms with E-state index in [0.29, 0.717) is 44.0 Å². The van der Waals surface area contributed by atoms with E-state index in [9.17, 15) is 9.59 Å². The minimum absolute atomic E-state index is 0.187. The summed E-state index contributed by atoms with van der Waals surface area (Å²) in [6.07, 6.45) is 1.39. The maximum Gasteiger partial charge on any atom is 0.338 e.